The Balaban J connectivity index is 6.73. The first-order valence-electron chi connectivity index (χ1n) is 9.50. The van der Waals surface area contributed by atoms with Crippen LogP contribution in [0.15, 0.2) is 0 Å². The lowest BCUT2D eigenvalue weighted by atomic mass is 9.78. The fraction of sp³-hybridized carbons (Fsp3) is 0.889. The van der Waals surface area contributed by atoms with E-state index in [1.807, 2.05) is 53.1 Å². The molecule has 2 unspecified atom stereocenters. The second-order valence-corrected chi connectivity index (χ2v) is 17.1. The normalized spacial score (nSPS) is 17.2. The Bertz CT molecular complexity index is 439. The van der Waals surface area contributed by atoms with Gasteiger partial charge < -0.3 is 18.3 Å². The zero-order valence-electron chi connectivity index (χ0n) is 18.3. The van der Waals surface area contributed by atoms with E-state index in [2.05, 4.69) is 0 Å². The first-order chi connectivity index (χ1) is 11.7. The van der Waals surface area contributed by atoms with Crippen LogP contribution in [-0.4, -0.2) is 53.0 Å². The number of carbonyl (C=O) groups excluding carboxylic acids is 2. The Morgan fingerprint density at radius 1 is 0.654 bits per heavy atom. The van der Waals surface area contributed by atoms with Gasteiger partial charge in [-0.3, -0.25) is 0 Å². The molecule has 0 fully saturated rings. The van der Waals surface area contributed by atoms with Crippen LogP contribution < -0.4 is 0 Å². The van der Waals surface area contributed by atoms with E-state index >= 15 is 0 Å². The third kappa shape index (κ3) is 5.90. The lowest BCUT2D eigenvalue weighted by Crippen LogP contribution is -2.70. The molecule has 0 heterocycles. The van der Waals surface area contributed by atoms with Crippen LogP contribution in [0.3, 0.4) is 0 Å². The zero-order chi connectivity index (χ0) is 20.8. The minimum absolute atomic E-state index is 0.200. The van der Waals surface area contributed by atoms with Gasteiger partial charge in [-0.15, -0.1) is 0 Å². The van der Waals surface area contributed by atoms with E-state index in [-0.39, 0.29) is 26.1 Å². The Morgan fingerprint density at radius 2 is 0.923 bits per heavy atom. The quantitative estimate of drug-likeness (QED) is 0.380. The summed E-state index contributed by atoms with van der Waals surface area (Å²) in [4.78, 5) is 26.4. The molecule has 0 aliphatic carbocycles. The zero-order valence-corrected chi connectivity index (χ0v) is 20.3. The summed E-state index contributed by atoms with van der Waals surface area (Å²) >= 11 is 0. The number of hydrogen-bond acceptors (Lipinski definition) is 6. The summed E-state index contributed by atoms with van der Waals surface area (Å²) in [6.07, 6.45) is 0.514. The highest BCUT2D eigenvalue weighted by Crippen LogP contribution is 2.42. The lowest BCUT2D eigenvalue weighted by Gasteiger charge is -2.50. The van der Waals surface area contributed by atoms with Crippen LogP contribution in [0.2, 0.25) is 39.3 Å². The van der Waals surface area contributed by atoms with E-state index in [0.717, 1.165) is 0 Å². The molecule has 0 spiro atoms. The Morgan fingerprint density at radius 3 is 1.08 bits per heavy atom. The summed E-state index contributed by atoms with van der Waals surface area (Å²) in [6.45, 7) is 19.4. The Hall–Kier alpha value is -0.706. The number of hydrogen-bond donors (Lipinski definition) is 0. The second-order valence-electron chi connectivity index (χ2n) is 8.23. The smallest absolute Gasteiger partial charge is 0.340 e. The molecule has 154 valence electrons. The van der Waals surface area contributed by atoms with E-state index < -0.39 is 39.8 Å². The summed E-state index contributed by atoms with van der Waals surface area (Å²) < 4.78 is 23.6. The summed E-state index contributed by atoms with van der Waals surface area (Å²) in [5.41, 5.74) is -3.07. The van der Waals surface area contributed by atoms with Crippen molar-refractivity contribution in [2.24, 2.45) is 0 Å². The van der Waals surface area contributed by atoms with Gasteiger partial charge in [-0.25, -0.2) is 9.59 Å². The fourth-order valence-electron chi connectivity index (χ4n) is 3.12. The van der Waals surface area contributed by atoms with Crippen LogP contribution in [-0.2, 0) is 27.9 Å². The van der Waals surface area contributed by atoms with Crippen LogP contribution in [0.1, 0.15) is 40.5 Å². The van der Waals surface area contributed by atoms with Gasteiger partial charge in [0.1, 0.15) is 0 Å². The van der Waals surface area contributed by atoms with Gasteiger partial charge in [0, 0.05) is 0 Å². The molecule has 0 radical (unpaired) electrons. The molecule has 0 saturated carbocycles. The molecule has 0 aromatic heterocycles. The van der Waals surface area contributed by atoms with Gasteiger partial charge in [0.2, 0.25) is 0 Å². The van der Waals surface area contributed by atoms with Gasteiger partial charge in [-0.1, -0.05) is 13.8 Å². The van der Waals surface area contributed by atoms with Crippen LogP contribution in [0, 0.1) is 0 Å². The summed E-state index contributed by atoms with van der Waals surface area (Å²) in [7, 11) is -4.50. The van der Waals surface area contributed by atoms with Crippen molar-refractivity contribution in [1.29, 1.82) is 0 Å². The maximum atomic E-state index is 13.2. The van der Waals surface area contributed by atoms with Crippen molar-refractivity contribution in [3.8, 4) is 0 Å². The molecular weight excluding hydrogens is 368 g/mol. The fourth-order valence-corrected chi connectivity index (χ4v) is 6.00. The molecule has 0 aromatic rings. The molecule has 2 atom stereocenters. The maximum Gasteiger partial charge on any atom is 0.340 e. The molecular formula is C18H38O6Si2. The molecule has 0 rings (SSSR count). The van der Waals surface area contributed by atoms with E-state index in [9.17, 15) is 9.59 Å². The molecule has 0 bridgehead atoms. The van der Waals surface area contributed by atoms with E-state index in [1.54, 1.807) is 13.8 Å². The number of carbonyl (C=O) groups is 2. The van der Waals surface area contributed by atoms with Crippen molar-refractivity contribution in [3.05, 3.63) is 0 Å². The third-order valence-corrected chi connectivity index (χ3v) is 5.74. The molecule has 26 heavy (non-hydrogen) atoms. The second kappa shape index (κ2) is 9.48. The Labute approximate surface area is 161 Å². The van der Waals surface area contributed by atoms with Crippen molar-refractivity contribution in [2.45, 2.75) is 91.0 Å². The average Bonchev–Trinajstić information content (AvgIpc) is 2.48. The monoisotopic (exact) mass is 406 g/mol. The van der Waals surface area contributed by atoms with Gasteiger partial charge in [0.15, 0.2) is 27.8 Å². The first kappa shape index (κ1) is 25.3. The first-order valence-corrected chi connectivity index (χ1v) is 16.3. The van der Waals surface area contributed by atoms with Gasteiger partial charge in [-0.05, 0) is 66.0 Å². The van der Waals surface area contributed by atoms with Crippen molar-refractivity contribution >= 4 is 28.6 Å². The predicted molar refractivity (Wildman–Crippen MR) is 108 cm³/mol. The summed E-state index contributed by atoms with van der Waals surface area (Å²) in [6, 6.07) is 0. The van der Waals surface area contributed by atoms with Crippen LogP contribution in [0.4, 0.5) is 0 Å². The average molecular weight is 407 g/mol. The van der Waals surface area contributed by atoms with Crippen molar-refractivity contribution < 1.29 is 27.9 Å². The van der Waals surface area contributed by atoms with Gasteiger partial charge in [-0.2, -0.15) is 0 Å². The van der Waals surface area contributed by atoms with Crippen molar-refractivity contribution in [2.75, 3.05) is 13.2 Å². The number of esters is 2. The van der Waals surface area contributed by atoms with Crippen molar-refractivity contribution in [3.63, 3.8) is 0 Å². The molecule has 0 N–H and O–H groups in total. The minimum Gasteiger partial charge on any atom is -0.464 e. The maximum absolute atomic E-state index is 13.2. The van der Waals surface area contributed by atoms with Crippen LogP contribution in [0.5, 0.6) is 0 Å². The SMILES string of the molecule is CCOC(=O)C(CC)(O[Si](C)(C)C)C(CC)(O[Si](C)(C)C)C(=O)OCC. The highest BCUT2D eigenvalue weighted by molar-refractivity contribution is 6.70. The van der Waals surface area contributed by atoms with Crippen molar-refractivity contribution in [1.82, 2.24) is 0 Å². The summed E-state index contributed by atoms with van der Waals surface area (Å²) in [5.74, 6) is -1.11. The number of rotatable bonds is 11. The molecule has 8 heteroatoms. The van der Waals surface area contributed by atoms with E-state index in [0.29, 0.717) is 0 Å². The lowest BCUT2D eigenvalue weighted by molar-refractivity contribution is -0.206. The van der Waals surface area contributed by atoms with Crippen LogP contribution in [0.25, 0.3) is 0 Å². The molecule has 0 aromatic carbocycles. The predicted octanol–water partition coefficient (Wildman–Crippen LogP) is 4.11. The summed E-state index contributed by atoms with van der Waals surface area (Å²) in [5, 5.41) is 0. The molecule has 0 amide bonds. The Kier molecular flexibility index (Phi) is 9.22. The third-order valence-electron chi connectivity index (χ3n) is 3.82. The van der Waals surface area contributed by atoms with E-state index in [1.165, 1.54) is 0 Å². The molecule has 6 nitrogen and oxygen atoms in total. The van der Waals surface area contributed by atoms with Crippen LogP contribution >= 0.6 is 0 Å². The highest BCUT2D eigenvalue weighted by atomic mass is 28.4. The van der Waals surface area contributed by atoms with E-state index in [4.69, 9.17) is 18.3 Å². The van der Waals surface area contributed by atoms with Gasteiger partial charge >= 0.3 is 11.9 Å². The standard InChI is InChI=1S/C18H38O6Si2/c1-11-17(15(19)21-13-3,23-25(5,6)7)18(12-2,16(20)22-14-4)24-26(8,9)10/h11-14H2,1-10H3. The van der Waals surface area contributed by atoms with Gasteiger partial charge in [0.25, 0.3) is 0 Å². The molecule has 0 aliphatic rings. The minimum atomic E-state index is -2.25. The number of ether oxygens (including phenoxy) is 2. The highest BCUT2D eigenvalue weighted by Gasteiger charge is 2.65. The molecule has 0 saturated heterocycles. The van der Waals surface area contributed by atoms with Gasteiger partial charge in [0.05, 0.1) is 13.2 Å². The largest absolute Gasteiger partial charge is 0.464 e. The molecule has 0 aliphatic heterocycles. The topological polar surface area (TPSA) is 71.1 Å².